The number of halogens is 1. The van der Waals surface area contributed by atoms with Crippen LogP contribution >= 0.6 is 11.6 Å². The molecule has 0 aliphatic carbocycles. The van der Waals surface area contributed by atoms with Crippen molar-refractivity contribution in [3.8, 4) is 5.69 Å². The monoisotopic (exact) mass is 226 g/mol. The summed E-state index contributed by atoms with van der Waals surface area (Å²) in [5.41, 5.74) is 1.84. The Bertz CT molecular complexity index is 459. The fraction of sp³-hybridized carbons (Fsp3) is 0.500. The van der Waals surface area contributed by atoms with Crippen molar-refractivity contribution >= 4 is 11.6 Å². The molecule has 0 saturated carbocycles. The van der Waals surface area contributed by atoms with Gasteiger partial charge in [-0.1, -0.05) is 6.92 Å². The molecule has 0 atom stereocenters. The number of aryl methyl sites for hydroxylation is 2. The molecule has 2 heterocycles. The van der Waals surface area contributed by atoms with E-state index in [0.717, 1.165) is 17.8 Å². The third-order valence-corrected chi connectivity index (χ3v) is 2.34. The molecule has 0 aromatic carbocycles. The molecular formula is C8H11ClN6. The van der Waals surface area contributed by atoms with Gasteiger partial charge in [-0.3, -0.25) is 4.68 Å². The Morgan fingerprint density at radius 1 is 1.47 bits per heavy atom. The molecule has 0 fully saturated rings. The van der Waals surface area contributed by atoms with Gasteiger partial charge in [-0.2, -0.15) is 9.78 Å². The molecule has 15 heavy (non-hydrogen) atoms. The van der Waals surface area contributed by atoms with Crippen LogP contribution in [0.5, 0.6) is 0 Å². The molecule has 0 spiro atoms. The Balaban J connectivity index is 2.52. The van der Waals surface area contributed by atoms with Crippen LogP contribution in [0, 0.1) is 0 Å². The van der Waals surface area contributed by atoms with Crippen LogP contribution in [0.15, 0.2) is 6.20 Å². The lowest BCUT2D eigenvalue weighted by atomic mass is 10.3. The molecule has 6 nitrogen and oxygen atoms in total. The third-order valence-electron chi connectivity index (χ3n) is 2.10. The minimum Gasteiger partial charge on any atom is -0.273 e. The summed E-state index contributed by atoms with van der Waals surface area (Å²) in [4.78, 5) is 0. The molecule has 2 aromatic rings. The maximum absolute atomic E-state index is 5.74. The highest BCUT2D eigenvalue weighted by atomic mass is 35.5. The largest absolute Gasteiger partial charge is 0.273 e. The molecule has 0 N–H and O–H groups in total. The molecule has 0 radical (unpaired) electrons. The quantitative estimate of drug-likeness (QED) is 0.723. The number of tetrazole rings is 1. The van der Waals surface area contributed by atoms with Crippen LogP contribution in [-0.4, -0.2) is 30.0 Å². The Hall–Kier alpha value is -1.43. The maximum Gasteiger partial charge on any atom is 0.171 e. The van der Waals surface area contributed by atoms with Gasteiger partial charge in [0, 0.05) is 7.05 Å². The summed E-state index contributed by atoms with van der Waals surface area (Å²) < 4.78 is 3.37. The zero-order valence-corrected chi connectivity index (χ0v) is 9.31. The van der Waals surface area contributed by atoms with Gasteiger partial charge in [-0.05, 0) is 16.8 Å². The van der Waals surface area contributed by atoms with Crippen LogP contribution in [-0.2, 0) is 19.3 Å². The first-order chi connectivity index (χ1) is 7.26. The Kier molecular flexibility index (Phi) is 2.68. The summed E-state index contributed by atoms with van der Waals surface area (Å²) in [5, 5.41) is 15.6. The van der Waals surface area contributed by atoms with Gasteiger partial charge in [0.2, 0.25) is 0 Å². The Morgan fingerprint density at radius 3 is 2.93 bits per heavy atom. The van der Waals surface area contributed by atoms with Crippen molar-refractivity contribution in [3.05, 3.63) is 17.7 Å². The summed E-state index contributed by atoms with van der Waals surface area (Å²) >= 11 is 5.74. The van der Waals surface area contributed by atoms with Crippen LogP contribution < -0.4 is 0 Å². The van der Waals surface area contributed by atoms with E-state index in [0.29, 0.717) is 5.82 Å². The van der Waals surface area contributed by atoms with Crippen molar-refractivity contribution in [3.63, 3.8) is 0 Å². The molecule has 2 rings (SSSR count). The van der Waals surface area contributed by atoms with E-state index < -0.39 is 0 Å². The summed E-state index contributed by atoms with van der Waals surface area (Å²) in [5.74, 6) is 0.907. The summed E-state index contributed by atoms with van der Waals surface area (Å²) in [6.45, 7) is 2.04. The summed E-state index contributed by atoms with van der Waals surface area (Å²) in [6, 6.07) is 0. The first-order valence-electron chi connectivity index (χ1n) is 4.62. The highest BCUT2D eigenvalue weighted by Crippen LogP contribution is 2.14. The number of hydrogen-bond donors (Lipinski definition) is 0. The second-order valence-electron chi connectivity index (χ2n) is 3.13. The van der Waals surface area contributed by atoms with Crippen molar-refractivity contribution in [2.75, 3.05) is 0 Å². The number of aromatic nitrogens is 6. The minimum absolute atomic E-state index is 0.283. The van der Waals surface area contributed by atoms with E-state index in [1.54, 1.807) is 9.36 Å². The fourth-order valence-electron chi connectivity index (χ4n) is 1.43. The van der Waals surface area contributed by atoms with E-state index >= 15 is 0 Å². The highest BCUT2D eigenvalue weighted by Gasteiger charge is 2.13. The number of nitrogens with zero attached hydrogens (tertiary/aromatic N) is 6. The lowest BCUT2D eigenvalue weighted by Crippen LogP contribution is -2.03. The van der Waals surface area contributed by atoms with Gasteiger partial charge in [0.05, 0.1) is 17.8 Å². The zero-order chi connectivity index (χ0) is 10.8. The predicted molar refractivity (Wildman–Crippen MR) is 54.9 cm³/mol. The van der Waals surface area contributed by atoms with Crippen LogP contribution in [0.1, 0.15) is 18.4 Å². The van der Waals surface area contributed by atoms with E-state index in [9.17, 15) is 0 Å². The molecule has 7 heteroatoms. The maximum atomic E-state index is 5.74. The van der Waals surface area contributed by atoms with Gasteiger partial charge >= 0.3 is 0 Å². The van der Waals surface area contributed by atoms with Gasteiger partial charge in [-0.15, -0.1) is 16.7 Å². The van der Waals surface area contributed by atoms with E-state index in [-0.39, 0.29) is 5.88 Å². The standard InChI is InChI=1S/C8H11ClN6/c1-3-6-7(5-14(2)11-6)15-8(4-9)10-12-13-15/h5H,3-4H2,1-2H3. The number of alkyl halides is 1. The first kappa shape index (κ1) is 10.1. The zero-order valence-electron chi connectivity index (χ0n) is 8.55. The molecule has 0 aliphatic rings. The normalized spacial score (nSPS) is 10.9. The van der Waals surface area contributed by atoms with Crippen molar-refractivity contribution in [1.29, 1.82) is 0 Å². The van der Waals surface area contributed by atoms with E-state index in [2.05, 4.69) is 20.6 Å². The summed E-state index contributed by atoms with van der Waals surface area (Å²) in [6.07, 6.45) is 2.71. The topological polar surface area (TPSA) is 61.4 Å². The highest BCUT2D eigenvalue weighted by molar-refractivity contribution is 6.16. The predicted octanol–water partition coefficient (Wildman–Crippen LogP) is 0.697. The smallest absolute Gasteiger partial charge is 0.171 e. The van der Waals surface area contributed by atoms with Gasteiger partial charge in [0.25, 0.3) is 0 Å². The second-order valence-corrected chi connectivity index (χ2v) is 3.40. The Morgan fingerprint density at radius 2 is 2.27 bits per heavy atom. The van der Waals surface area contributed by atoms with E-state index in [1.807, 2.05) is 20.2 Å². The first-order valence-corrected chi connectivity index (χ1v) is 5.15. The second kappa shape index (κ2) is 3.98. The van der Waals surface area contributed by atoms with Crippen LogP contribution in [0.25, 0.3) is 5.69 Å². The lowest BCUT2D eigenvalue weighted by molar-refractivity contribution is 0.746. The SMILES string of the molecule is CCc1nn(C)cc1-n1nnnc1CCl. The third kappa shape index (κ3) is 1.72. The van der Waals surface area contributed by atoms with E-state index in [1.165, 1.54) is 0 Å². The molecule has 0 unspecified atom stereocenters. The van der Waals surface area contributed by atoms with Crippen LogP contribution in [0.3, 0.4) is 0 Å². The van der Waals surface area contributed by atoms with Crippen molar-refractivity contribution in [2.45, 2.75) is 19.2 Å². The molecule has 2 aromatic heterocycles. The van der Waals surface area contributed by atoms with E-state index in [4.69, 9.17) is 11.6 Å². The number of hydrogen-bond acceptors (Lipinski definition) is 4. The summed E-state index contributed by atoms with van der Waals surface area (Å²) in [7, 11) is 1.87. The fourth-order valence-corrected chi connectivity index (χ4v) is 1.59. The van der Waals surface area contributed by atoms with Gasteiger partial charge in [0.15, 0.2) is 5.82 Å². The average Bonchev–Trinajstić information content (AvgIpc) is 2.82. The minimum atomic E-state index is 0.283. The molecule has 0 bridgehead atoms. The van der Waals surface area contributed by atoms with Crippen molar-refractivity contribution in [2.24, 2.45) is 7.05 Å². The molecule has 0 aliphatic heterocycles. The lowest BCUT2D eigenvalue weighted by Gasteiger charge is -1.99. The Labute approximate surface area is 91.8 Å². The molecular weight excluding hydrogens is 216 g/mol. The molecule has 0 amide bonds. The molecule has 0 saturated heterocycles. The van der Waals surface area contributed by atoms with Crippen molar-refractivity contribution in [1.82, 2.24) is 30.0 Å². The number of rotatable bonds is 3. The van der Waals surface area contributed by atoms with Crippen LogP contribution in [0.2, 0.25) is 0 Å². The van der Waals surface area contributed by atoms with Gasteiger partial charge in [-0.25, -0.2) is 0 Å². The van der Waals surface area contributed by atoms with Crippen molar-refractivity contribution < 1.29 is 0 Å². The van der Waals surface area contributed by atoms with Crippen LogP contribution in [0.4, 0.5) is 0 Å². The van der Waals surface area contributed by atoms with Gasteiger partial charge in [0.1, 0.15) is 5.69 Å². The average molecular weight is 227 g/mol. The molecule has 80 valence electrons. The van der Waals surface area contributed by atoms with Gasteiger partial charge < -0.3 is 0 Å².